The molecule has 0 aliphatic heterocycles. The fraction of sp³-hybridized carbons (Fsp3) is 0.391. The second-order valence-electron chi connectivity index (χ2n) is 7.12. The number of ether oxygens (including phenoxy) is 1. The number of nitrogens with one attached hydrogen (secondary N) is 1. The van der Waals surface area contributed by atoms with Crippen molar-refractivity contribution in [3.05, 3.63) is 53.3 Å². The molecule has 2 aromatic rings. The summed E-state index contributed by atoms with van der Waals surface area (Å²) in [6.45, 7) is 12.5. The summed E-state index contributed by atoms with van der Waals surface area (Å²) in [5, 5.41) is 2.51. The third kappa shape index (κ3) is 6.48. The van der Waals surface area contributed by atoms with E-state index in [1.54, 1.807) is 26.8 Å². The minimum atomic E-state index is -0.737. The number of anilines is 1. The van der Waals surface area contributed by atoms with Gasteiger partial charge >= 0.3 is 6.09 Å². The molecule has 152 valence electrons. The quantitative estimate of drug-likeness (QED) is 0.599. The highest BCUT2D eigenvalue weighted by atomic mass is 19.1. The number of carbonyl (C=O) groups excluding carboxylic acids is 2. The number of aryl methyl sites for hydroxylation is 1. The molecule has 0 spiro atoms. The summed E-state index contributed by atoms with van der Waals surface area (Å²) in [5.41, 5.74) is 1.74. The minimum Gasteiger partial charge on any atom is -0.444 e. The van der Waals surface area contributed by atoms with Crippen LogP contribution in [0, 0.1) is 5.82 Å². The van der Waals surface area contributed by atoms with E-state index in [1.807, 2.05) is 45.0 Å². The summed E-state index contributed by atoms with van der Waals surface area (Å²) in [5.74, 6) is -1.15. The van der Waals surface area contributed by atoms with Gasteiger partial charge in [-0.1, -0.05) is 45.0 Å². The fourth-order valence-corrected chi connectivity index (χ4v) is 2.61. The van der Waals surface area contributed by atoms with Crippen molar-refractivity contribution in [2.24, 2.45) is 0 Å². The number of ketones is 1. The highest BCUT2D eigenvalue weighted by Gasteiger charge is 2.21. The van der Waals surface area contributed by atoms with Crippen LogP contribution in [0.3, 0.4) is 0 Å². The Kier molecular flexibility index (Phi) is 8.35. The smallest absolute Gasteiger partial charge is 0.412 e. The van der Waals surface area contributed by atoms with E-state index in [9.17, 15) is 14.0 Å². The number of benzene rings is 2. The number of hydrogen-bond acceptors (Lipinski definition) is 3. The lowest BCUT2D eigenvalue weighted by Crippen LogP contribution is -2.27. The van der Waals surface area contributed by atoms with Gasteiger partial charge in [0, 0.05) is 0 Å². The minimum absolute atomic E-state index is 0.101. The zero-order chi connectivity index (χ0) is 21.5. The predicted octanol–water partition coefficient (Wildman–Crippen LogP) is 6.63. The molecule has 0 heterocycles. The zero-order valence-corrected chi connectivity index (χ0v) is 17.8. The van der Waals surface area contributed by atoms with E-state index in [4.69, 9.17) is 4.74 Å². The average molecular weight is 387 g/mol. The van der Waals surface area contributed by atoms with Gasteiger partial charge in [0.2, 0.25) is 0 Å². The maximum absolute atomic E-state index is 14.6. The molecular weight excluding hydrogens is 357 g/mol. The molecule has 0 unspecified atom stereocenters. The van der Waals surface area contributed by atoms with Gasteiger partial charge in [-0.25, -0.2) is 9.18 Å². The third-order valence-electron chi connectivity index (χ3n) is 3.75. The van der Waals surface area contributed by atoms with Crippen molar-refractivity contribution in [2.75, 3.05) is 5.32 Å². The average Bonchev–Trinajstić information content (AvgIpc) is 2.61. The number of halogens is 1. The number of hydrogen-bond donors (Lipinski definition) is 1. The Labute approximate surface area is 167 Å². The topological polar surface area (TPSA) is 55.4 Å². The van der Waals surface area contributed by atoms with Crippen molar-refractivity contribution in [3.63, 3.8) is 0 Å². The largest absolute Gasteiger partial charge is 0.444 e. The van der Waals surface area contributed by atoms with E-state index >= 15 is 0 Å². The summed E-state index contributed by atoms with van der Waals surface area (Å²) in [4.78, 5) is 24.0. The van der Waals surface area contributed by atoms with Gasteiger partial charge in [-0.3, -0.25) is 10.1 Å². The summed E-state index contributed by atoms with van der Waals surface area (Å²) < 4.78 is 19.8. The van der Waals surface area contributed by atoms with Gasteiger partial charge in [0.1, 0.15) is 11.4 Å². The first-order chi connectivity index (χ1) is 13.1. The number of carbonyl (C=O) groups is 2. The highest BCUT2D eigenvalue weighted by Crippen LogP contribution is 2.30. The van der Waals surface area contributed by atoms with Crippen molar-refractivity contribution in [1.29, 1.82) is 0 Å². The number of amides is 1. The zero-order valence-electron chi connectivity index (χ0n) is 17.8. The van der Waals surface area contributed by atoms with E-state index in [-0.39, 0.29) is 11.3 Å². The molecule has 0 bridgehead atoms. The molecule has 5 heteroatoms. The van der Waals surface area contributed by atoms with E-state index in [0.717, 1.165) is 17.5 Å². The van der Waals surface area contributed by atoms with Crippen molar-refractivity contribution in [3.8, 4) is 11.1 Å². The SMILES string of the molecule is CC.CCc1cccc(-c2cc(F)c(C(C)=O)c(NC(=O)OC(C)(C)C)c2)c1. The van der Waals surface area contributed by atoms with E-state index in [0.29, 0.717) is 5.56 Å². The first-order valence-electron chi connectivity index (χ1n) is 9.54. The fourth-order valence-electron chi connectivity index (χ4n) is 2.61. The number of Topliss-reactive ketones (excluding diaryl/α,β-unsaturated/α-hetero) is 1. The lowest BCUT2D eigenvalue weighted by Gasteiger charge is -2.20. The summed E-state index contributed by atoms with van der Waals surface area (Å²) >= 11 is 0. The summed E-state index contributed by atoms with van der Waals surface area (Å²) in [6, 6.07) is 10.6. The molecule has 0 atom stereocenters. The van der Waals surface area contributed by atoms with Crippen LogP contribution < -0.4 is 5.32 Å². The van der Waals surface area contributed by atoms with Crippen LogP contribution >= 0.6 is 0 Å². The van der Waals surface area contributed by atoms with E-state index < -0.39 is 23.3 Å². The molecule has 0 saturated heterocycles. The van der Waals surface area contributed by atoms with E-state index in [1.165, 1.54) is 13.0 Å². The standard InChI is InChI=1S/C21H24FNO3.C2H6/c1-6-14-8-7-9-15(10-14)16-11-17(22)19(13(2)24)18(12-16)23-20(25)26-21(3,4)5;1-2/h7-12H,6H2,1-5H3,(H,23,25);1-2H3. The maximum atomic E-state index is 14.6. The highest BCUT2D eigenvalue weighted by molar-refractivity contribution is 6.03. The second-order valence-corrected chi connectivity index (χ2v) is 7.12. The molecule has 0 aliphatic carbocycles. The molecule has 0 fully saturated rings. The van der Waals surface area contributed by atoms with Crippen molar-refractivity contribution < 1.29 is 18.7 Å². The van der Waals surface area contributed by atoms with Gasteiger partial charge < -0.3 is 4.74 Å². The molecule has 0 radical (unpaired) electrons. The van der Waals surface area contributed by atoms with Gasteiger partial charge in [-0.05, 0) is 62.9 Å². The van der Waals surface area contributed by atoms with Crippen LogP contribution in [0.4, 0.5) is 14.9 Å². The van der Waals surface area contributed by atoms with Crippen LogP contribution in [0.5, 0.6) is 0 Å². The van der Waals surface area contributed by atoms with Gasteiger partial charge in [-0.2, -0.15) is 0 Å². The molecule has 2 rings (SSSR count). The van der Waals surface area contributed by atoms with Gasteiger partial charge in [-0.15, -0.1) is 0 Å². The van der Waals surface area contributed by atoms with Crippen LogP contribution in [0.2, 0.25) is 0 Å². The lowest BCUT2D eigenvalue weighted by molar-refractivity contribution is 0.0636. The maximum Gasteiger partial charge on any atom is 0.412 e. The Morgan fingerprint density at radius 2 is 1.71 bits per heavy atom. The van der Waals surface area contributed by atoms with E-state index in [2.05, 4.69) is 5.32 Å². The monoisotopic (exact) mass is 387 g/mol. The van der Waals surface area contributed by atoms with Gasteiger partial charge in [0.25, 0.3) is 0 Å². The first kappa shape index (κ1) is 23.3. The van der Waals surface area contributed by atoms with Crippen molar-refractivity contribution in [2.45, 2.75) is 60.5 Å². The van der Waals surface area contributed by atoms with Crippen LogP contribution in [0.15, 0.2) is 36.4 Å². The summed E-state index contributed by atoms with van der Waals surface area (Å²) in [7, 11) is 0. The molecule has 0 aliphatic rings. The molecule has 2 aromatic carbocycles. The molecular formula is C23H30FNO3. The Morgan fingerprint density at radius 1 is 1.07 bits per heavy atom. The lowest BCUT2D eigenvalue weighted by atomic mass is 9.98. The molecule has 28 heavy (non-hydrogen) atoms. The Morgan fingerprint density at radius 3 is 2.25 bits per heavy atom. The first-order valence-corrected chi connectivity index (χ1v) is 9.54. The molecule has 0 aromatic heterocycles. The van der Waals surface area contributed by atoms with Crippen molar-refractivity contribution in [1.82, 2.24) is 0 Å². The molecule has 1 N–H and O–H groups in total. The second kappa shape index (κ2) is 10.0. The van der Waals surface area contributed by atoms with Crippen molar-refractivity contribution >= 4 is 17.6 Å². The Hall–Kier alpha value is -2.69. The third-order valence-corrected chi connectivity index (χ3v) is 3.75. The Bertz CT molecular complexity index is 838. The van der Waals surface area contributed by atoms with Gasteiger partial charge in [0.05, 0.1) is 11.3 Å². The van der Waals surface area contributed by atoms with Crippen LogP contribution in [-0.4, -0.2) is 17.5 Å². The predicted molar refractivity (Wildman–Crippen MR) is 112 cm³/mol. The van der Waals surface area contributed by atoms with Gasteiger partial charge in [0.15, 0.2) is 5.78 Å². The molecule has 0 saturated carbocycles. The van der Waals surface area contributed by atoms with Crippen LogP contribution in [-0.2, 0) is 11.2 Å². The van der Waals surface area contributed by atoms with Crippen LogP contribution in [0.1, 0.15) is 64.4 Å². The molecule has 1 amide bonds. The molecule has 4 nitrogen and oxygen atoms in total. The Balaban J connectivity index is 0.00000190. The number of rotatable bonds is 4. The normalized spacial score (nSPS) is 10.6. The summed E-state index contributed by atoms with van der Waals surface area (Å²) in [6.07, 6.45) is 0.115. The van der Waals surface area contributed by atoms with Crippen LogP contribution in [0.25, 0.3) is 11.1 Å².